The van der Waals surface area contributed by atoms with Gasteiger partial charge in [0.25, 0.3) is 0 Å². The molecule has 2 aromatic rings. The fraction of sp³-hybridized carbons (Fsp3) is 0. The van der Waals surface area contributed by atoms with E-state index in [0.717, 1.165) is 0 Å². The summed E-state index contributed by atoms with van der Waals surface area (Å²) in [6.45, 7) is 0. The second-order valence-corrected chi connectivity index (χ2v) is 3.41. The highest BCUT2D eigenvalue weighted by Gasteiger charge is 2.05. The molecule has 1 atom stereocenters. The van der Waals surface area contributed by atoms with Crippen LogP contribution in [-0.2, 0) is 11.1 Å². The second kappa shape index (κ2) is 3.20. The van der Waals surface area contributed by atoms with Crippen LogP contribution in [0.4, 0.5) is 0 Å². The van der Waals surface area contributed by atoms with Gasteiger partial charge < -0.3 is 4.55 Å². The number of fused-ring (bicyclic) bond motifs is 1. The number of aromatic nitrogens is 2. The topological polar surface area (TPSA) is 63.1 Å². The highest BCUT2D eigenvalue weighted by Crippen LogP contribution is 2.17. The Labute approximate surface area is 76.9 Å². The van der Waals surface area contributed by atoms with Gasteiger partial charge in [0.05, 0.1) is 16.6 Å². The number of nitrogens with zero attached hydrogens (tertiary/aromatic N) is 2. The van der Waals surface area contributed by atoms with Crippen molar-refractivity contribution in [2.45, 2.75) is 4.90 Å². The van der Waals surface area contributed by atoms with E-state index in [1.165, 1.54) is 6.20 Å². The Morgan fingerprint density at radius 1 is 1.31 bits per heavy atom. The monoisotopic (exact) mass is 194 g/mol. The standard InChI is InChI=1S/C8H6N2O2S/c11-13(12)8-3-1-2-7-6(8)4-5-9-10-7/h1-5H,(H,11,12). The zero-order valence-electron chi connectivity index (χ0n) is 6.54. The maximum Gasteiger partial charge on any atom is 0.187 e. The third kappa shape index (κ3) is 1.43. The van der Waals surface area contributed by atoms with Crippen molar-refractivity contribution < 1.29 is 8.76 Å². The Morgan fingerprint density at radius 3 is 2.92 bits per heavy atom. The summed E-state index contributed by atoms with van der Waals surface area (Å²) in [6.07, 6.45) is 1.50. The first-order valence-corrected chi connectivity index (χ1v) is 4.71. The molecule has 5 heteroatoms. The largest absolute Gasteiger partial charge is 0.302 e. The summed E-state index contributed by atoms with van der Waals surface area (Å²) in [5, 5.41) is 8.18. The first-order valence-electron chi connectivity index (χ1n) is 3.60. The third-order valence-corrected chi connectivity index (χ3v) is 2.44. The molecule has 1 aromatic heterocycles. The normalized spacial score (nSPS) is 13.0. The van der Waals surface area contributed by atoms with Crippen LogP contribution in [0, 0.1) is 0 Å². The molecule has 13 heavy (non-hydrogen) atoms. The zero-order valence-corrected chi connectivity index (χ0v) is 7.36. The van der Waals surface area contributed by atoms with Gasteiger partial charge in [-0.3, -0.25) is 0 Å². The van der Waals surface area contributed by atoms with Crippen molar-refractivity contribution in [3.63, 3.8) is 0 Å². The minimum atomic E-state index is -1.97. The predicted octanol–water partition coefficient (Wildman–Crippen LogP) is 1.21. The summed E-state index contributed by atoms with van der Waals surface area (Å²) in [4.78, 5) is 0.368. The number of rotatable bonds is 1. The maximum absolute atomic E-state index is 10.9. The van der Waals surface area contributed by atoms with Gasteiger partial charge in [0.1, 0.15) is 0 Å². The summed E-state index contributed by atoms with van der Waals surface area (Å²) in [5.74, 6) is 0. The molecule has 66 valence electrons. The molecule has 4 nitrogen and oxygen atoms in total. The van der Waals surface area contributed by atoms with E-state index in [1.54, 1.807) is 24.3 Å². The van der Waals surface area contributed by atoms with E-state index in [2.05, 4.69) is 10.2 Å². The molecule has 1 heterocycles. The van der Waals surface area contributed by atoms with Crippen molar-refractivity contribution in [1.82, 2.24) is 10.2 Å². The predicted molar refractivity (Wildman–Crippen MR) is 48.6 cm³/mol. The van der Waals surface area contributed by atoms with Gasteiger partial charge in [0.15, 0.2) is 11.1 Å². The van der Waals surface area contributed by atoms with Crippen LogP contribution >= 0.6 is 0 Å². The molecule has 0 spiro atoms. The molecule has 0 aliphatic heterocycles. The molecule has 0 fully saturated rings. The molecular weight excluding hydrogens is 188 g/mol. The van der Waals surface area contributed by atoms with Gasteiger partial charge in [-0.1, -0.05) is 6.07 Å². The highest BCUT2D eigenvalue weighted by atomic mass is 32.2. The van der Waals surface area contributed by atoms with Gasteiger partial charge in [-0.2, -0.15) is 10.2 Å². The summed E-state index contributed by atoms with van der Waals surface area (Å²) < 4.78 is 19.8. The van der Waals surface area contributed by atoms with Crippen molar-refractivity contribution in [2.75, 3.05) is 0 Å². The smallest absolute Gasteiger partial charge is 0.187 e. The molecule has 0 aliphatic carbocycles. The first-order chi connectivity index (χ1) is 6.29. The zero-order chi connectivity index (χ0) is 9.26. The van der Waals surface area contributed by atoms with Crippen molar-refractivity contribution >= 4 is 22.0 Å². The number of benzene rings is 1. The number of hydrogen-bond donors (Lipinski definition) is 1. The quantitative estimate of drug-likeness (QED) is 0.693. The van der Waals surface area contributed by atoms with Gasteiger partial charge >= 0.3 is 0 Å². The number of hydrogen-bond acceptors (Lipinski definition) is 3. The summed E-state index contributed by atoms with van der Waals surface area (Å²) in [7, 11) is 0. The van der Waals surface area contributed by atoms with E-state index in [-0.39, 0.29) is 0 Å². The third-order valence-electron chi connectivity index (χ3n) is 1.70. The molecule has 1 unspecified atom stereocenters. The Balaban J connectivity index is 2.83. The van der Waals surface area contributed by atoms with Crippen LogP contribution in [0.25, 0.3) is 10.9 Å². The van der Waals surface area contributed by atoms with Crippen LogP contribution in [-0.4, -0.2) is 19.0 Å². The minimum Gasteiger partial charge on any atom is -0.302 e. The Kier molecular flexibility index (Phi) is 2.03. The summed E-state index contributed by atoms with van der Waals surface area (Å²) >= 11 is -1.97. The molecule has 2 rings (SSSR count). The SMILES string of the molecule is O=S(O)c1cccc2nnccc12. The Hall–Kier alpha value is -1.33. The molecule has 0 amide bonds. The average molecular weight is 194 g/mol. The van der Waals surface area contributed by atoms with Crippen LogP contribution in [0.3, 0.4) is 0 Å². The minimum absolute atomic E-state index is 0.368. The highest BCUT2D eigenvalue weighted by molar-refractivity contribution is 7.79. The summed E-state index contributed by atoms with van der Waals surface area (Å²) in [5.41, 5.74) is 0.627. The van der Waals surface area contributed by atoms with E-state index in [4.69, 9.17) is 4.55 Å². The van der Waals surface area contributed by atoms with Crippen LogP contribution in [0.1, 0.15) is 0 Å². The van der Waals surface area contributed by atoms with E-state index in [9.17, 15) is 4.21 Å². The van der Waals surface area contributed by atoms with Crippen LogP contribution in [0.5, 0.6) is 0 Å². The van der Waals surface area contributed by atoms with Gasteiger partial charge in [-0.05, 0) is 18.2 Å². The van der Waals surface area contributed by atoms with Crippen LogP contribution in [0.15, 0.2) is 35.4 Å². The van der Waals surface area contributed by atoms with Gasteiger partial charge in [-0.25, -0.2) is 4.21 Å². The molecule has 1 aromatic carbocycles. The van der Waals surface area contributed by atoms with E-state index in [1.807, 2.05) is 0 Å². The van der Waals surface area contributed by atoms with Gasteiger partial charge in [0.2, 0.25) is 0 Å². The lowest BCUT2D eigenvalue weighted by molar-refractivity contribution is 0.565. The van der Waals surface area contributed by atoms with E-state index >= 15 is 0 Å². The van der Waals surface area contributed by atoms with Gasteiger partial charge in [0, 0.05) is 5.39 Å². The molecular formula is C8H6N2O2S. The molecule has 0 saturated heterocycles. The molecule has 0 saturated carbocycles. The van der Waals surface area contributed by atoms with Gasteiger partial charge in [-0.15, -0.1) is 0 Å². The second-order valence-electron chi connectivity index (χ2n) is 2.47. The Bertz CT molecular complexity index is 467. The van der Waals surface area contributed by atoms with E-state index in [0.29, 0.717) is 15.8 Å². The van der Waals surface area contributed by atoms with Crippen molar-refractivity contribution in [1.29, 1.82) is 0 Å². The van der Waals surface area contributed by atoms with Crippen molar-refractivity contribution in [3.05, 3.63) is 30.5 Å². The summed E-state index contributed by atoms with van der Waals surface area (Å²) in [6, 6.07) is 6.70. The lowest BCUT2D eigenvalue weighted by atomic mass is 10.2. The molecule has 1 N–H and O–H groups in total. The van der Waals surface area contributed by atoms with E-state index < -0.39 is 11.1 Å². The molecule has 0 radical (unpaired) electrons. The Morgan fingerprint density at radius 2 is 2.15 bits per heavy atom. The average Bonchev–Trinajstić information content (AvgIpc) is 2.17. The van der Waals surface area contributed by atoms with Crippen LogP contribution in [0.2, 0.25) is 0 Å². The van der Waals surface area contributed by atoms with Crippen LogP contribution < -0.4 is 0 Å². The molecule has 0 bridgehead atoms. The fourth-order valence-corrected chi connectivity index (χ4v) is 1.70. The van der Waals surface area contributed by atoms with Crippen molar-refractivity contribution in [3.8, 4) is 0 Å². The lowest BCUT2D eigenvalue weighted by Crippen LogP contribution is -1.91. The van der Waals surface area contributed by atoms with Crippen molar-refractivity contribution in [2.24, 2.45) is 0 Å². The molecule has 0 aliphatic rings. The fourth-order valence-electron chi connectivity index (χ4n) is 1.14. The maximum atomic E-state index is 10.9. The first kappa shape index (κ1) is 8.28. The lowest BCUT2D eigenvalue weighted by Gasteiger charge is -1.99.